The van der Waals surface area contributed by atoms with Gasteiger partial charge in [-0.2, -0.15) is 5.10 Å². The summed E-state index contributed by atoms with van der Waals surface area (Å²) in [5.41, 5.74) is 8.01. The first kappa shape index (κ1) is 12.2. The number of nitrogens with two attached hydrogens (primary N) is 1. The molecule has 0 aliphatic rings. The van der Waals surface area contributed by atoms with Crippen LogP contribution in [-0.2, 0) is 7.05 Å². The Labute approximate surface area is 106 Å². The fourth-order valence-electron chi connectivity index (χ4n) is 1.71. The van der Waals surface area contributed by atoms with Crippen LogP contribution in [0.4, 0.5) is 5.82 Å². The van der Waals surface area contributed by atoms with Gasteiger partial charge in [0, 0.05) is 30.8 Å². The summed E-state index contributed by atoms with van der Waals surface area (Å²) in [5, 5.41) is 7.05. The molecular weight excluding hydrogens is 228 g/mol. The van der Waals surface area contributed by atoms with Gasteiger partial charge in [0.15, 0.2) is 0 Å². The van der Waals surface area contributed by atoms with Crippen molar-refractivity contribution < 1.29 is 4.79 Å². The molecule has 5 nitrogen and oxygen atoms in total. The van der Waals surface area contributed by atoms with Crippen molar-refractivity contribution in [3.05, 3.63) is 35.9 Å². The molecule has 0 unspecified atom stereocenters. The maximum absolute atomic E-state index is 11.7. The summed E-state index contributed by atoms with van der Waals surface area (Å²) in [5.74, 6) is 0.511. The summed E-state index contributed by atoms with van der Waals surface area (Å²) in [6.07, 6.45) is 0. The number of hydrogen-bond acceptors (Lipinski definition) is 3. The maximum atomic E-state index is 11.7. The maximum Gasteiger partial charge on any atom is 0.251 e. The number of anilines is 1. The minimum atomic E-state index is -0.0803. The Balaban J connectivity index is 2.35. The Morgan fingerprint density at radius 2 is 2.22 bits per heavy atom. The van der Waals surface area contributed by atoms with Crippen molar-refractivity contribution in [2.75, 3.05) is 12.3 Å². The van der Waals surface area contributed by atoms with Gasteiger partial charge < -0.3 is 11.1 Å². The van der Waals surface area contributed by atoms with Crippen LogP contribution in [0.3, 0.4) is 0 Å². The third kappa shape index (κ3) is 2.34. The Morgan fingerprint density at radius 1 is 1.44 bits per heavy atom. The summed E-state index contributed by atoms with van der Waals surface area (Å²) >= 11 is 0. The second-order valence-corrected chi connectivity index (χ2v) is 4.02. The first-order chi connectivity index (χ1) is 8.61. The van der Waals surface area contributed by atoms with E-state index in [1.807, 2.05) is 25.1 Å². The van der Waals surface area contributed by atoms with E-state index < -0.39 is 0 Å². The van der Waals surface area contributed by atoms with Crippen molar-refractivity contribution in [2.24, 2.45) is 7.05 Å². The highest BCUT2D eigenvalue weighted by molar-refractivity contribution is 5.95. The lowest BCUT2D eigenvalue weighted by molar-refractivity contribution is 0.0956. The van der Waals surface area contributed by atoms with E-state index in [-0.39, 0.29) is 5.91 Å². The van der Waals surface area contributed by atoms with E-state index in [1.54, 1.807) is 23.9 Å². The topological polar surface area (TPSA) is 72.9 Å². The fraction of sp³-hybridized carbons (Fsp3) is 0.231. The van der Waals surface area contributed by atoms with E-state index in [0.29, 0.717) is 17.9 Å². The molecule has 0 saturated heterocycles. The zero-order valence-corrected chi connectivity index (χ0v) is 10.5. The van der Waals surface area contributed by atoms with Gasteiger partial charge in [-0.25, -0.2) is 0 Å². The molecule has 0 atom stereocenters. The summed E-state index contributed by atoms with van der Waals surface area (Å²) in [7, 11) is 1.78. The average Bonchev–Trinajstić information content (AvgIpc) is 2.70. The van der Waals surface area contributed by atoms with E-state index in [1.165, 1.54) is 0 Å². The zero-order valence-electron chi connectivity index (χ0n) is 10.5. The summed E-state index contributed by atoms with van der Waals surface area (Å²) in [6, 6.07) is 9.12. The molecule has 2 aromatic rings. The van der Waals surface area contributed by atoms with Gasteiger partial charge in [-0.1, -0.05) is 12.1 Å². The van der Waals surface area contributed by atoms with Gasteiger partial charge in [0.2, 0.25) is 0 Å². The van der Waals surface area contributed by atoms with E-state index in [4.69, 9.17) is 5.73 Å². The van der Waals surface area contributed by atoms with Gasteiger partial charge in [-0.3, -0.25) is 9.48 Å². The molecule has 1 amide bonds. The quantitative estimate of drug-likeness (QED) is 0.857. The van der Waals surface area contributed by atoms with Crippen molar-refractivity contribution in [2.45, 2.75) is 6.92 Å². The van der Waals surface area contributed by atoms with Crippen LogP contribution in [0.15, 0.2) is 30.3 Å². The molecule has 5 heteroatoms. The van der Waals surface area contributed by atoms with E-state index in [0.717, 1.165) is 11.3 Å². The molecule has 0 radical (unpaired) electrons. The molecule has 0 spiro atoms. The van der Waals surface area contributed by atoms with Crippen LogP contribution in [0.1, 0.15) is 17.3 Å². The van der Waals surface area contributed by atoms with Crippen LogP contribution < -0.4 is 11.1 Å². The van der Waals surface area contributed by atoms with Crippen molar-refractivity contribution in [1.82, 2.24) is 15.1 Å². The predicted molar refractivity (Wildman–Crippen MR) is 71.1 cm³/mol. The van der Waals surface area contributed by atoms with Crippen molar-refractivity contribution >= 4 is 11.7 Å². The van der Waals surface area contributed by atoms with Gasteiger partial charge in [-0.05, 0) is 19.1 Å². The van der Waals surface area contributed by atoms with Crippen molar-refractivity contribution in [1.29, 1.82) is 0 Å². The number of hydrogen-bond donors (Lipinski definition) is 2. The number of nitrogens with one attached hydrogen (secondary N) is 1. The molecule has 1 aromatic carbocycles. The molecule has 0 aliphatic heterocycles. The second kappa shape index (κ2) is 4.91. The van der Waals surface area contributed by atoms with Crippen LogP contribution in [0.2, 0.25) is 0 Å². The van der Waals surface area contributed by atoms with Gasteiger partial charge in [0.1, 0.15) is 5.82 Å². The molecule has 0 aliphatic carbocycles. The Kier molecular flexibility index (Phi) is 3.32. The SMILES string of the molecule is CCNC(=O)c1cccc(-c2cc(N)n(C)n2)c1. The number of aromatic nitrogens is 2. The number of rotatable bonds is 3. The van der Waals surface area contributed by atoms with Crippen LogP contribution in [0, 0.1) is 0 Å². The summed E-state index contributed by atoms with van der Waals surface area (Å²) in [6.45, 7) is 2.50. The standard InChI is InChI=1S/C13H16N4O/c1-3-15-13(18)10-6-4-5-9(7-10)11-8-12(14)17(2)16-11/h4-8H,3,14H2,1-2H3,(H,15,18). The molecule has 0 bridgehead atoms. The molecule has 1 aromatic heterocycles. The molecule has 3 N–H and O–H groups in total. The van der Waals surface area contributed by atoms with Gasteiger partial charge in [0.25, 0.3) is 5.91 Å². The van der Waals surface area contributed by atoms with Crippen molar-refractivity contribution in [3.63, 3.8) is 0 Å². The normalized spacial score (nSPS) is 10.3. The summed E-state index contributed by atoms with van der Waals surface area (Å²) in [4.78, 5) is 11.7. The lowest BCUT2D eigenvalue weighted by Gasteiger charge is -2.03. The highest BCUT2D eigenvalue weighted by Gasteiger charge is 2.08. The Morgan fingerprint density at radius 3 is 2.83 bits per heavy atom. The van der Waals surface area contributed by atoms with Gasteiger partial charge >= 0.3 is 0 Å². The monoisotopic (exact) mass is 244 g/mol. The molecule has 2 rings (SSSR count). The third-order valence-corrected chi connectivity index (χ3v) is 2.67. The third-order valence-electron chi connectivity index (χ3n) is 2.67. The van der Waals surface area contributed by atoms with Crippen LogP contribution in [0.5, 0.6) is 0 Å². The number of nitrogen functional groups attached to an aromatic ring is 1. The molecule has 18 heavy (non-hydrogen) atoms. The van der Waals surface area contributed by atoms with E-state index in [9.17, 15) is 4.79 Å². The fourth-order valence-corrected chi connectivity index (χ4v) is 1.71. The van der Waals surface area contributed by atoms with Crippen molar-refractivity contribution in [3.8, 4) is 11.3 Å². The lowest BCUT2D eigenvalue weighted by Crippen LogP contribution is -2.22. The van der Waals surface area contributed by atoms with Gasteiger partial charge in [-0.15, -0.1) is 0 Å². The molecule has 0 saturated carbocycles. The largest absolute Gasteiger partial charge is 0.384 e. The number of benzene rings is 1. The number of nitrogens with zero attached hydrogens (tertiary/aromatic N) is 2. The molecule has 94 valence electrons. The predicted octanol–water partition coefficient (Wildman–Crippen LogP) is 1.42. The summed E-state index contributed by atoms with van der Waals surface area (Å²) < 4.78 is 1.61. The van der Waals surface area contributed by atoms with Gasteiger partial charge in [0.05, 0.1) is 5.69 Å². The number of aryl methyl sites for hydroxylation is 1. The molecule has 1 heterocycles. The number of amides is 1. The van der Waals surface area contributed by atoms with Crippen LogP contribution >= 0.6 is 0 Å². The lowest BCUT2D eigenvalue weighted by atomic mass is 10.1. The highest BCUT2D eigenvalue weighted by Crippen LogP contribution is 2.20. The Hall–Kier alpha value is -2.30. The first-order valence-electron chi connectivity index (χ1n) is 5.80. The average molecular weight is 244 g/mol. The van der Waals surface area contributed by atoms with E-state index >= 15 is 0 Å². The highest BCUT2D eigenvalue weighted by atomic mass is 16.1. The molecular formula is C13H16N4O. The minimum absolute atomic E-state index is 0.0803. The second-order valence-electron chi connectivity index (χ2n) is 4.02. The Bertz CT molecular complexity index is 555. The molecule has 0 fully saturated rings. The van der Waals surface area contributed by atoms with E-state index in [2.05, 4.69) is 10.4 Å². The smallest absolute Gasteiger partial charge is 0.251 e. The van der Waals surface area contributed by atoms with Crippen LogP contribution in [-0.4, -0.2) is 22.2 Å². The zero-order chi connectivity index (χ0) is 13.1. The minimum Gasteiger partial charge on any atom is -0.384 e. The van der Waals surface area contributed by atoms with Crippen LogP contribution in [0.25, 0.3) is 11.3 Å². The number of carbonyl (C=O) groups excluding carboxylic acids is 1. The first-order valence-corrected chi connectivity index (χ1v) is 5.80. The number of carbonyl (C=O) groups is 1.